The number of halogens is 3. The van der Waals surface area contributed by atoms with E-state index in [4.69, 9.17) is 0 Å². The van der Waals surface area contributed by atoms with E-state index in [9.17, 15) is 9.59 Å². The lowest BCUT2D eigenvalue weighted by atomic mass is 9.94. The molecule has 0 unspecified atom stereocenters. The number of amides is 2. The molecule has 9 heteroatoms. The van der Waals surface area contributed by atoms with Crippen LogP contribution in [0.3, 0.4) is 0 Å². The van der Waals surface area contributed by atoms with E-state index < -0.39 is 0 Å². The molecular weight excluding hydrogens is 495 g/mol. The molecule has 4 rings (SSSR count). The number of benzene rings is 2. The fraction of sp³-hybridized carbons (Fsp3) is 0.520. The highest BCUT2D eigenvalue weighted by Crippen LogP contribution is 2.29. The molecule has 1 aliphatic heterocycles. The van der Waals surface area contributed by atoms with E-state index in [-0.39, 0.29) is 49.0 Å². The summed E-state index contributed by atoms with van der Waals surface area (Å²) < 4.78 is 0. The zero-order valence-corrected chi connectivity index (χ0v) is 22.0. The maximum absolute atomic E-state index is 12.9. The van der Waals surface area contributed by atoms with Gasteiger partial charge in [-0.25, -0.2) is 0 Å². The fourth-order valence-corrected chi connectivity index (χ4v) is 4.20. The SMILES string of the molecule is Cl.Cl.Cl.O=C1c2cccc3cccc(c23)C(=O)N1CCCNCCCCNCCCNC1CC1. The highest BCUT2D eigenvalue weighted by atomic mass is 35.5. The molecule has 2 amide bonds. The van der Waals surface area contributed by atoms with E-state index in [0.29, 0.717) is 17.7 Å². The summed E-state index contributed by atoms with van der Waals surface area (Å²) in [5, 5.41) is 12.2. The molecule has 6 nitrogen and oxygen atoms in total. The molecule has 190 valence electrons. The molecule has 0 spiro atoms. The van der Waals surface area contributed by atoms with Crippen LogP contribution in [0.1, 0.15) is 59.2 Å². The Morgan fingerprint density at radius 2 is 1.24 bits per heavy atom. The van der Waals surface area contributed by atoms with Crippen LogP contribution in [0, 0.1) is 0 Å². The third kappa shape index (κ3) is 8.08. The average Bonchev–Trinajstić information content (AvgIpc) is 3.61. The fourth-order valence-electron chi connectivity index (χ4n) is 4.20. The number of carbonyl (C=O) groups excluding carboxylic acids is 2. The van der Waals surface area contributed by atoms with Crippen molar-refractivity contribution in [1.82, 2.24) is 20.9 Å². The van der Waals surface area contributed by atoms with E-state index in [0.717, 1.165) is 68.8 Å². The lowest BCUT2D eigenvalue weighted by molar-refractivity contribution is 0.0609. The number of rotatable bonds is 14. The second-order valence-corrected chi connectivity index (χ2v) is 8.61. The van der Waals surface area contributed by atoms with Crippen LogP contribution < -0.4 is 16.0 Å². The van der Waals surface area contributed by atoms with Crippen LogP contribution in [0.15, 0.2) is 36.4 Å². The van der Waals surface area contributed by atoms with Crippen molar-refractivity contribution in [2.45, 2.75) is 44.6 Å². The standard InChI is InChI=1S/C25H34N4O2.3ClH/c30-24-21-9-3-7-19-8-4-10-22(23(19)21)25(31)29(24)18-6-16-27-14-2-1-13-26-15-5-17-28-20-11-12-20;;;/h3-4,7-10,20,26-28H,1-2,5-6,11-18H2;3*1H. The smallest absolute Gasteiger partial charge is 0.261 e. The Bertz CT molecular complexity index is 873. The van der Waals surface area contributed by atoms with Gasteiger partial charge in [0, 0.05) is 29.1 Å². The van der Waals surface area contributed by atoms with E-state index in [1.807, 2.05) is 36.4 Å². The quantitative estimate of drug-likeness (QED) is 0.252. The highest BCUT2D eigenvalue weighted by molar-refractivity contribution is 6.25. The van der Waals surface area contributed by atoms with Gasteiger partial charge >= 0.3 is 0 Å². The van der Waals surface area contributed by atoms with E-state index in [1.54, 1.807) is 0 Å². The van der Waals surface area contributed by atoms with Crippen LogP contribution in [0.2, 0.25) is 0 Å². The zero-order valence-electron chi connectivity index (χ0n) is 19.5. The van der Waals surface area contributed by atoms with Gasteiger partial charge in [-0.15, -0.1) is 37.2 Å². The predicted molar refractivity (Wildman–Crippen MR) is 146 cm³/mol. The molecule has 1 heterocycles. The Morgan fingerprint density at radius 1 is 0.706 bits per heavy atom. The molecule has 0 aromatic heterocycles. The molecule has 2 aliphatic rings. The third-order valence-corrected chi connectivity index (χ3v) is 6.09. The van der Waals surface area contributed by atoms with E-state index >= 15 is 0 Å². The normalized spacial score (nSPS) is 14.4. The Labute approximate surface area is 221 Å². The number of hydrogen-bond acceptors (Lipinski definition) is 5. The molecule has 1 saturated carbocycles. The number of nitrogens with one attached hydrogen (secondary N) is 3. The Balaban J connectivity index is 0.00000193. The van der Waals surface area contributed by atoms with Gasteiger partial charge in [-0.2, -0.15) is 0 Å². The summed E-state index contributed by atoms with van der Waals surface area (Å²) >= 11 is 0. The molecule has 0 bridgehead atoms. The average molecular weight is 532 g/mol. The Kier molecular flexibility index (Phi) is 14.0. The van der Waals surface area contributed by atoms with Crippen LogP contribution in [0.5, 0.6) is 0 Å². The number of unbranched alkanes of at least 4 members (excludes halogenated alkanes) is 1. The van der Waals surface area contributed by atoms with Crippen molar-refractivity contribution in [3.8, 4) is 0 Å². The minimum absolute atomic E-state index is 0. The summed E-state index contributed by atoms with van der Waals surface area (Å²) in [5.41, 5.74) is 1.27. The lowest BCUT2D eigenvalue weighted by Crippen LogP contribution is -2.41. The number of nitrogens with zero attached hydrogens (tertiary/aromatic N) is 1. The van der Waals surface area contributed by atoms with Gasteiger partial charge in [-0.1, -0.05) is 24.3 Å². The summed E-state index contributed by atoms with van der Waals surface area (Å²) in [6.07, 6.45) is 6.96. The van der Waals surface area contributed by atoms with Crippen molar-refractivity contribution in [2.24, 2.45) is 0 Å². The Morgan fingerprint density at radius 3 is 1.79 bits per heavy atom. The number of hydrogen-bond donors (Lipinski definition) is 3. The monoisotopic (exact) mass is 530 g/mol. The molecule has 1 fully saturated rings. The first-order chi connectivity index (χ1) is 15.3. The van der Waals surface area contributed by atoms with Gasteiger partial charge < -0.3 is 16.0 Å². The van der Waals surface area contributed by atoms with Crippen molar-refractivity contribution in [2.75, 3.05) is 39.3 Å². The van der Waals surface area contributed by atoms with Gasteiger partial charge in [0.25, 0.3) is 11.8 Å². The molecule has 34 heavy (non-hydrogen) atoms. The van der Waals surface area contributed by atoms with Gasteiger partial charge in [0.05, 0.1) is 0 Å². The van der Waals surface area contributed by atoms with Gasteiger partial charge in [0.2, 0.25) is 0 Å². The Hall–Kier alpha value is -1.41. The van der Waals surface area contributed by atoms with Crippen molar-refractivity contribution in [1.29, 1.82) is 0 Å². The van der Waals surface area contributed by atoms with Crippen molar-refractivity contribution >= 4 is 59.8 Å². The predicted octanol–water partition coefficient (Wildman–Crippen LogP) is 4.19. The lowest BCUT2D eigenvalue weighted by Gasteiger charge is -2.27. The first kappa shape index (κ1) is 30.6. The summed E-state index contributed by atoms with van der Waals surface area (Å²) in [4.78, 5) is 27.1. The molecule has 3 N–H and O–H groups in total. The second-order valence-electron chi connectivity index (χ2n) is 8.61. The van der Waals surface area contributed by atoms with Gasteiger partial charge in [0.1, 0.15) is 0 Å². The number of carbonyl (C=O) groups is 2. The molecule has 0 atom stereocenters. The summed E-state index contributed by atoms with van der Waals surface area (Å²) in [6, 6.07) is 12.1. The molecule has 1 aliphatic carbocycles. The first-order valence-corrected chi connectivity index (χ1v) is 11.8. The van der Waals surface area contributed by atoms with E-state index in [1.165, 1.54) is 24.2 Å². The highest BCUT2D eigenvalue weighted by Gasteiger charge is 2.31. The van der Waals surface area contributed by atoms with Crippen LogP contribution in [-0.4, -0.2) is 62.0 Å². The van der Waals surface area contributed by atoms with Crippen molar-refractivity contribution in [3.05, 3.63) is 47.5 Å². The van der Waals surface area contributed by atoms with Gasteiger partial charge in [0.15, 0.2) is 0 Å². The minimum Gasteiger partial charge on any atom is -0.317 e. The van der Waals surface area contributed by atoms with Gasteiger partial charge in [-0.3, -0.25) is 14.5 Å². The van der Waals surface area contributed by atoms with Crippen LogP contribution in [0.4, 0.5) is 0 Å². The summed E-state index contributed by atoms with van der Waals surface area (Å²) in [7, 11) is 0. The molecule has 2 aromatic carbocycles. The maximum atomic E-state index is 12.9. The van der Waals surface area contributed by atoms with Crippen LogP contribution >= 0.6 is 37.2 Å². The first-order valence-electron chi connectivity index (χ1n) is 11.8. The zero-order chi connectivity index (χ0) is 21.5. The van der Waals surface area contributed by atoms with E-state index in [2.05, 4.69) is 16.0 Å². The second kappa shape index (κ2) is 15.6. The summed E-state index contributed by atoms with van der Waals surface area (Å²) in [6.45, 7) is 5.50. The van der Waals surface area contributed by atoms with Crippen molar-refractivity contribution in [3.63, 3.8) is 0 Å². The molecule has 2 aromatic rings. The largest absolute Gasteiger partial charge is 0.317 e. The topological polar surface area (TPSA) is 73.5 Å². The van der Waals surface area contributed by atoms with Gasteiger partial charge in [-0.05, 0) is 88.8 Å². The molecule has 0 saturated heterocycles. The maximum Gasteiger partial charge on any atom is 0.261 e. The molecular formula is C25H37Cl3N4O2. The van der Waals surface area contributed by atoms with Crippen molar-refractivity contribution < 1.29 is 9.59 Å². The van der Waals surface area contributed by atoms with Crippen LogP contribution in [-0.2, 0) is 0 Å². The summed E-state index contributed by atoms with van der Waals surface area (Å²) in [5.74, 6) is -0.347. The van der Waals surface area contributed by atoms with Crippen LogP contribution in [0.25, 0.3) is 10.8 Å². The molecule has 0 radical (unpaired) electrons. The minimum atomic E-state index is -0.173. The third-order valence-electron chi connectivity index (χ3n) is 6.09. The number of imide groups is 1.